The van der Waals surface area contributed by atoms with Crippen molar-refractivity contribution in [1.29, 1.82) is 0 Å². The van der Waals surface area contributed by atoms with Gasteiger partial charge >= 0.3 is 0 Å². The Morgan fingerprint density at radius 1 is 0.585 bits per heavy atom. The highest BCUT2D eigenvalue weighted by Crippen LogP contribution is 2.13. The lowest BCUT2D eigenvalue weighted by Crippen LogP contribution is -2.45. The standard InChI is InChI=1S/C37H67NO3/c1-3-5-7-9-10-11-12-13-14-15-16-17-18-19-20-21-22-23-24-25-26-27-28-29-31-33-37(41)38-35(34-39)36(40)32-30-8-6-4-2/h12-13,15-16,18-19,30,32,35-36,39-40H,3-11,14,17,20-29,31,33-34H2,1-2H3,(H,38,41)/b13-12-,16-15-,19-18-,32-30+. The third-order valence-electron chi connectivity index (χ3n) is 7.56. The Bertz CT molecular complexity index is 667. The fraction of sp³-hybridized carbons (Fsp3) is 0.757. The van der Waals surface area contributed by atoms with Gasteiger partial charge in [0.2, 0.25) is 5.91 Å². The first-order valence-corrected chi connectivity index (χ1v) is 17.4. The van der Waals surface area contributed by atoms with Gasteiger partial charge in [0, 0.05) is 6.42 Å². The molecular formula is C37H67NO3. The Hall–Kier alpha value is -1.65. The van der Waals surface area contributed by atoms with Gasteiger partial charge in [0.25, 0.3) is 0 Å². The highest BCUT2D eigenvalue weighted by molar-refractivity contribution is 5.76. The molecule has 0 aliphatic heterocycles. The molecule has 0 radical (unpaired) electrons. The van der Waals surface area contributed by atoms with Crippen molar-refractivity contribution in [2.24, 2.45) is 0 Å². The van der Waals surface area contributed by atoms with Gasteiger partial charge in [-0.05, 0) is 51.4 Å². The molecule has 1 amide bonds. The second-order valence-electron chi connectivity index (χ2n) is 11.6. The van der Waals surface area contributed by atoms with Gasteiger partial charge < -0.3 is 15.5 Å². The summed E-state index contributed by atoms with van der Waals surface area (Å²) in [7, 11) is 0. The molecule has 0 saturated heterocycles. The average molecular weight is 574 g/mol. The topological polar surface area (TPSA) is 69.6 Å². The first-order chi connectivity index (χ1) is 20.2. The van der Waals surface area contributed by atoms with Crippen molar-refractivity contribution in [2.75, 3.05) is 6.61 Å². The second-order valence-corrected chi connectivity index (χ2v) is 11.6. The molecule has 3 N–H and O–H groups in total. The fourth-order valence-electron chi connectivity index (χ4n) is 4.82. The Labute approximate surface area is 254 Å². The minimum absolute atomic E-state index is 0.0807. The van der Waals surface area contributed by atoms with E-state index in [9.17, 15) is 15.0 Å². The monoisotopic (exact) mass is 574 g/mol. The molecule has 2 atom stereocenters. The molecule has 0 aromatic carbocycles. The number of carbonyl (C=O) groups excluding carboxylic acids is 1. The molecule has 41 heavy (non-hydrogen) atoms. The number of aliphatic hydroxyl groups excluding tert-OH is 2. The molecule has 0 aliphatic carbocycles. The zero-order valence-corrected chi connectivity index (χ0v) is 27.0. The molecule has 0 spiro atoms. The van der Waals surface area contributed by atoms with E-state index in [2.05, 4.69) is 55.6 Å². The summed E-state index contributed by atoms with van der Waals surface area (Å²) in [5.41, 5.74) is 0. The number of rotatable bonds is 30. The van der Waals surface area contributed by atoms with Crippen LogP contribution in [-0.2, 0) is 4.79 Å². The van der Waals surface area contributed by atoms with Crippen LogP contribution in [0.25, 0.3) is 0 Å². The summed E-state index contributed by atoms with van der Waals surface area (Å²) in [6.45, 7) is 4.14. The zero-order chi connectivity index (χ0) is 30.1. The van der Waals surface area contributed by atoms with Gasteiger partial charge in [-0.3, -0.25) is 4.79 Å². The van der Waals surface area contributed by atoms with Crippen LogP contribution in [0, 0.1) is 0 Å². The molecule has 0 aliphatic rings. The lowest BCUT2D eigenvalue weighted by atomic mass is 10.0. The zero-order valence-electron chi connectivity index (χ0n) is 27.0. The Kier molecular flexibility index (Phi) is 31.5. The van der Waals surface area contributed by atoms with Crippen molar-refractivity contribution in [1.82, 2.24) is 5.32 Å². The van der Waals surface area contributed by atoms with Crippen molar-refractivity contribution in [3.63, 3.8) is 0 Å². The Morgan fingerprint density at radius 3 is 1.54 bits per heavy atom. The minimum atomic E-state index is -0.836. The van der Waals surface area contributed by atoms with E-state index < -0.39 is 12.1 Å². The number of amides is 1. The largest absolute Gasteiger partial charge is 0.394 e. The van der Waals surface area contributed by atoms with E-state index in [0.717, 1.165) is 44.9 Å². The van der Waals surface area contributed by atoms with E-state index in [1.54, 1.807) is 6.08 Å². The highest BCUT2D eigenvalue weighted by atomic mass is 16.3. The normalized spacial score (nSPS) is 13.8. The molecule has 4 heteroatoms. The number of hydrogen-bond acceptors (Lipinski definition) is 3. The fourth-order valence-corrected chi connectivity index (χ4v) is 4.82. The molecule has 0 rings (SSSR count). The number of nitrogens with one attached hydrogen (secondary N) is 1. The molecule has 0 saturated carbocycles. The first kappa shape index (κ1) is 39.4. The van der Waals surface area contributed by atoms with Gasteiger partial charge in [0.1, 0.15) is 0 Å². The molecule has 2 unspecified atom stereocenters. The summed E-state index contributed by atoms with van der Waals surface area (Å²) in [6.07, 6.45) is 43.8. The maximum atomic E-state index is 12.2. The SMILES string of the molecule is CCCC/C=C/C(O)C(CO)NC(=O)CCCCCCCCCCCC/C=C\C/C=C\C/C=C\CCCCCCC. The smallest absolute Gasteiger partial charge is 0.220 e. The van der Waals surface area contributed by atoms with E-state index in [1.807, 2.05) is 6.08 Å². The lowest BCUT2D eigenvalue weighted by Gasteiger charge is -2.19. The quantitative estimate of drug-likeness (QED) is 0.0591. The molecule has 4 nitrogen and oxygen atoms in total. The summed E-state index contributed by atoms with van der Waals surface area (Å²) in [5, 5.41) is 22.4. The maximum Gasteiger partial charge on any atom is 0.220 e. The number of carbonyl (C=O) groups is 1. The van der Waals surface area contributed by atoms with E-state index in [1.165, 1.54) is 96.3 Å². The minimum Gasteiger partial charge on any atom is -0.394 e. The van der Waals surface area contributed by atoms with E-state index >= 15 is 0 Å². The maximum absolute atomic E-state index is 12.2. The predicted octanol–water partition coefficient (Wildman–Crippen LogP) is 10.1. The van der Waals surface area contributed by atoms with Crippen LogP contribution >= 0.6 is 0 Å². The van der Waals surface area contributed by atoms with Crippen LogP contribution in [-0.4, -0.2) is 34.9 Å². The van der Waals surface area contributed by atoms with Crippen molar-refractivity contribution in [2.45, 2.75) is 174 Å². The number of unbranched alkanes of at least 4 members (excludes halogenated alkanes) is 17. The summed E-state index contributed by atoms with van der Waals surface area (Å²) < 4.78 is 0. The van der Waals surface area contributed by atoms with Crippen molar-refractivity contribution in [3.05, 3.63) is 48.6 Å². The molecular weight excluding hydrogens is 506 g/mol. The van der Waals surface area contributed by atoms with E-state index in [4.69, 9.17) is 0 Å². The third-order valence-corrected chi connectivity index (χ3v) is 7.56. The molecule has 0 fully saturated rings. The van der Waals surface area contributed by atoms with Crippen LogP contribution in [0.2, 0.25) is 0 Å². The van der Waals surface area contributed by atoms with Crippen LogP contribution < -0.4 is 5.32 Å². The van der Waals surface area contributed by atoms with Crippen LogP contribution in [0.5, 0.6) is 0 Å². The van der Waals surface area contributed by atoms with Crippen LogP contribution in [0.3, 0.4) is 0 Å². The second kappa shape index (κ2) is 32.9. The average Bonchev–Trinajstić information content (AvgIpc) is 2.98. The van der Waals surface area contributed by atoms with Gasteiger partial charge in [-0.15, -0.1) is 0 Å². The number of aliphatic hydroxyl groups is 2. The molecule has 0 aromatic rings. The Morgan fingerprint density at radius 2 is 1.02 bits per heavy atom. The summed E-state index contributed by atoms with van der Waals surface area (Å²) >= 11 is 0. The number of hydrogen-bond donors (Lipinski definition) is 3. The highest BCUT2D eigenvalue weighted by Gasteiger charge is 2.17. The third kappa shape index (κ3) is 29.6. The van der Waals surface area contributed by atoms with E-state index in [0.29, 0.717) is 6.42 Å². The predicted molar refractivity (Wildman–Crippen MR) is 179 cm³/mol. The van der Waals surface area contributed by atoms with Crippen LogP contribution in [0.15, 0.2) is 48.6 Å². The molecule has 0 heterocycles. The van der Waals surface area contributed by atoms with Crippen molar-refractivity contribution >= 4 is 5.91 Å². The first-order valence-electron chi connectivity index (χ1n) is 17.4. The summed E-state index contributed by atoms with van der Waals surface area (Å²) in [6, 6.07) is -0.620. The van der Waals surface area contributed by atoms with Gasteiger partial charge in [0.15, 0.2) is 0 Å². The van der Waals surface area contributed by atoms with Gasteiger partial charge in [-0.1, -0.05) is 152 Å². The number of allylic oxidation sites excluding steroid dienone is 7. The lowest BCUT2D eigenvalue weighted by molar-refractivity contribution is -0.123. The van der Waals surface area contributed by atoms with Crippen molar-refractivity contribution in [3.8, 4) is 0 Å². The molecule has 0 bridgehead atoms. The molecule has 0 aromatic heterocycles. The molecule has 238 valence electrons. The van der Waals surface area contributed by atoms with Crippen LogP contribution in [0.4, 0.5) is 0 Å². The summed E-state index contributed by atoms with van der Waals surface area (Å²) in [4.78, 5) is 12.2. The van der Waals surface area contributed by atoms with Crippen molar-refractivity contribution < 1.29 is 15.0 Å². The summed E-state index contributed by atoms with van der Waals surface area (Å²) in [5.74, 6) is -0.0807. The Balaban J connectivity index is 3.50. The van der Waals surface area contributed by atoms with Gasteiger partial charge in [-0.25, -0.2) is 0 Å². The van der Waals surface area contributed by atoms with Gasteiger partial charge in [-0.2, -0.15) is 0 Å². The van der Waals surface area contributed by atoms with E-state index in [-0.39, 0.29) is 12.5 Å². The van der Waals surface area contributed by atoms with Gasteiger partial charge in [0.05, 0.1) is 18.8 Å². The van der Waals surface area contributed by atoms with Crippen LogP contribution in [0.1, 0.15) is 162 Å².